The van der Waals surface area contributed by atoms with Crippen molar-refractivity contribution >= 4 is 70.3 Å². The van der Waals surface area contributed by atoms with Crippen molar-refractivity contribution in [2.75, 3.05) is 25.0 Å². The number of rotatable bonds is 33. The van der Waals surface area contributed by atoms with Gasteiger partial charge in [-0.2, -0.15) is 0 Å². The molecule has 9 N–H and O–H groups in total. The first-order valence-corrected chi connectivity index (χ1v) is 42.5. The fraction of sp³-hybridized carbons (Fsp3) is 0.515. The van der Waals surface area contributed by atoms with E-state index in [9.17, 15) is 47.9 Å². The van der Waals surface area contributed by atoms with Crippen molar-refractivity contribution < 1.29 is 52.7 Å². The summed E-state index contributed by atoms with van der Waals surface area (Å²) >= 11 is 0. The number of para-hydroxylation sites is 2. The minimum absolute atomic E-state index is 0.00677. The normalized spacial score (nSPS) is 17.6. The predicted molar refractivity (Wildman–Crippen MR) is 468 cm³/mol. The Labute approximate surface area is 702 Å². The number of likely N-dealkylation sites (tertiary alicyclic amines) is 2. The number of carbonyl (C=O) groups excluding carboxylic acids is 10. The second-order valence-electron chi connectivity index (χ2n) is 37.3. The molecule has 118 heavy (non-hydrogen) atoms. The number of carbonyl (C=O) groups is 10. The Kier molecular flexibility index (Phi) is 35.7. The number of ketones is 1. The highest BCUT2D eigenvalue weighted by Crippen LogP contribution is 2.36. The number of benzodiazepines with no additional fused rings is 1. The van der Waals surface area contributed by atoms with Gasteiger partial charge in [0.2, 0.25) is 53.4 Å². The summed E-state index contributed by atoms with van der Waals surface area (Å²) in [4.78, 5) is 142. The van der Waals surface area contributed by atoms with Gasteiger partial charge in [0, 0.05) is 91.0 Å². The zero-order valence-corrected chi connectivity index (χ0v) is 73.0. The average Bonchev–Trinajstić information content (AvgIpc) is 1.63. The van der Waals surface area contributed by atoms with Crippen LogP contribution in [0.25, 0.3) is 0 Å². The van der Waals surface area contributed by atoms with E-state index in [0.717, 1.165) is 72.9 Å². The summed E-state index contributed by atoms with van der Waals surface area (Å²) in [5, 5.41) is 8.95. The van der Waals surface area contributed by atoms with E-state index in [1.807, 2.05) is 192 Å². The first kappa shape index (κ1) is 94.8. The number of hydrogen-bond acceptors (Lipinski definition) is 12. The molecule has 6 aromatic rings. The van der Waals surface area contributed by atoms with Gasteiger partial charge in [0.25, 0.3) is 5.91 Å². The Bertz CT molecular complexity index is 4350. The van der Waals surface area contributed by atoms with Gasteiger partial charge in [-0.1, -0.05) is 231 Å². The molecule has 0 saturated carbocycles. The Morgan fingerprint density at radius 2 is 0.822 bits per heavy atom. The molecule has 3 heterocycles. The van der Waals surface area contributed by atoms with Gasteiger partial charge in [-0.25, -0.2) is 4.99 Å². The van der Waals surface area contributed by atoms with Gasteiger partial charge in [-0.05, 0) is 178 Å². The summed E-state index contributed by atoms with van der Waals surface area (Å²) in [5.74, 6) is -4.49. The highest BCUT2D eigenvalue weighted by atomic mass is 16.5. The average molecular weight is 1620 g/mol. The Balaban J connectivity index is 0.000000245. The number of nitrogens with two attached hydrogens (primary N) is 3. The molecule has 6 aromatic carbocycles. The number of benzene rings is 6. The van der Waals surface area contributed by atoms with Gasteiger partial charge in [0.1, 0.15) is 23.6 Å². The van der Waals surface area contributed by atoms with Crippen LogP contribution in [-0.4, -0.2) is 113 Å². The number of hydrogen-bond donors (Lipinski definition) is 6. The smallest absolute Gasteiger partial charge is 0.272 e. The molecule has 0 radical (unpaired) electrons. The summed E-state index contributed by atoms with van der Waals surface area (Å²) in [6.07, 6.45) is 8.76. The third-order valence-corrected chi connectivity index (χ3v) is 22.1. The third kappa shape index (κ3) is 29.9. The number of nitrogens with zero attached hydrogens (tertiary/aromatic N) is 4. The molecule has 9 atom stereocenters. The molecule has 9 amide bonds. The highest BCUT2D eigenvalue weighted by molar-refractivity contribution is 6.20. The van der Waals surface area contributed by atoms with Crippen molar-refractivity contribution in [2.45, 2.75) is 232 Å². The molecule has 21 heteroatoms. The Morgan fingerprint density at radius 1 is 0.441 bits per heavy atom. The lowest BCUT2D eigenvalue weighted by Crippen LogP contribution is -2.50. The van der Waals surface area contributed by atoms with Crippen LogP contribution >= 0.6 is 0 Å². The minimum Gasteiger partial charge on any atom is -0.457 e. The molecular weight excluding hydrogens is 1480 g/mol. The van der Waals surface area contributed by atoms with Crippen molar-refractivity contribution in [1.82, 2.24) is 25.8 Å². The number of fused-ring (bicyclic) bond motifs is 1. The van der Waals surface area contributed by atoms with Crippen LogP contribution < -0.4 is 42.8 Å². The highest BCUT2D eigenvalue weighted by Gasteiger charge is 2.41. The second-order valence-corrected chi connectivity index (χ2v) is 37.3. The van der Waals surface area contributed by atoms with Crippen molar-refractivity contribution in [2.24, 2.45) is 91.7 Å². The van der Waals surface area contributed by atoms with Gasteiger partial charge in [0.15, 0.2) is 5.78 Å². The second kappa shape index (κ2) is 44.5. The van der Waals surface area contributed by atoms with Gasteiger partial charge < -0.3 is 52.6 Å². The zero-order valence-electron chi connectivity index (χ0n) is 73.0. The molecule has 2 saturated heterocycles. The molecule has 21 nitrogen and oxygen atoms in total. The quantitative estimate of drug-likeness (QED) is 0.0210. The summed E-state index contributed by atoms with van der Waals surface area (Å²) in [6.45, 7) is 33.1. The maximum atomic E-state index is 13.7. The van der Waals surface area contributed by atoms with Crippen LogP contribution in [0.15, 0.2) is 169 Å². The first-order valence-electron chi connectivity index (χ1n) is 42.5. The third-order valence-electron chi connectivity index (χ3n) is 22.1. The molecule has 1 unspecified atom stereocenters. The number of ether oxygens (including phenoxy) is 1. The van der Waals surface area contributed by atoms with Gasteiger partial charge in [-0.15, -0.1) is 0 Å². The molecule has 0 aliphatic carbocycles. The molecule has 638 valence electrons. The fourth-order valence-electron chi connectivity index (χ4n) is 15.7. The molecule has 3 aliphatic rings. The number of likely N-dealkylation sites (N-methyl/N-ethyl adjacent to an activating group) is 1. The molecule has 0 bridgehead atoms. The number of anilines is 1. The van der Waals surface area contributed by atoms with Gasteiger partial charge in [-0.3, -0.25) is 47.9 Å². The van der Waals surface area contributed by atoms with Crippen LogP contribution in [0.5, 0.6) is 11.5 Å². The number of nitrogens with one attached hydrogen (secondary N) is 3. The zero-order chi connectivity index (χ0) is 86.8. The lowest BCUT2D eigenvalue weighted by Gasteiger charge is -2.30. The maximum Gasteiger partial charge on any atom is 0.272 e. The van der Waals surface area contributed by atoms with Crippen LogP contribution in [0.1, 0.15) is 238 Å². The van der Waals surface area contributed by atoms with Crippen molar-refractivity contribution in [3.05, 3.63) is 197 Å². The van der Waals surface area contributed by atoms with Crippen LogP contribution in [-0.2, 0) is 56.2 Å². The lowest BCUT2D eigenvalue weighted by atomic mass is 9.78. The predicted octanol–water partition coefficient (Wildman–Crippen LogP) is 16.1. The molecule has 9 rings (SSSR count). The summed E-state index contributed by atoms with van der Waals surface area (Å²) in [5.41, 5.74) is 23.5. The van der Waals surface area contributed by atoms with Gasteiger partial charge >= 0.3 is 0 Å². The Morgan fingerprint density at radius 3 is 1.25 bits per heavy atom. The molecular formula is C97H134N10O11. The fourth-order valence-corrected chi connectivity index (χ4v) is 15.7. The van der Waals surface area contributed by atoms with Crippen LogP contribution in [0.2, 0.25) is 0 Å². The molecule has 0 spiro atoms. The molecule has 3 aliphatic heterocycles. The summed E-state index contributed by atoms with van der Waals surface area (Å²) in [7, 11) is 1.69. The monoisotopic (exact) mass is 1620 g/mol. The SMILES string of the molecule is CC(C)C[C@@H](C(=O)NC1N=C(c2ccccc2)c2ccccc2N(C)C1=O)[C@H](CCC(C)(C)C)C(N)=O.CC(C)C[C@@H](C(=O)N[C@H]1CCCCN(Cc2cccc(C(=O)c3ccccc3)c2)C1=O)[C@H](CCC(C)(C)C)C(N)=O.CC(C)C[C@@H](C(=O)N[C@H]1CCCCN(Cc2cccc(Oc3ccccc3)c2)C1=O)[C@H](CCC(C)(C)C)C(N)=O. The Hall–Kier alpha value is -10.3. The molecule has 0 aromatic heterocycles. The minimum atomic E-state index is -1.13. The maximum absolute atomic E-state index is 13.7. The first-order chi connectivity index (χ1) is 55.7. The van der Waals surface area contributed by atoms with Crippen molar-refractivity contribution in [3.8, 4) is 11.5 Å². The summed E-state index contributed by atoms with van der Waals surface area (Å²) < 4.78 is 5.98. The van der Waals surface area contributed by atoms with E-state index in [4.69, 9.17) is 26.9 Å². The standard InChI is InChI=1S/C34H47N3O4.C33H47N3O4.C30H40N4O3/c1-23(2)20-28(27(31(35)39)17-18-34(3,4)5)32(40)36-29-16-9-10-19-37(33(29)41)22-24-12-11-15-26(21-24)30(38)25-13-7-6-8-14-25;1-23(2)20-28(27(30(34)37)17-18-33(3,4)5)31(38)35-29-16-9-10-19-36(32(29)39)22-24-12-11-15-26(21-24)40-25-13-7-6-8-14-25;1-19(2)18-23(21(26(31)35)16-17-30(3,4)5)28(36)33-27-29(37)34(6)24-15-11-10-14-22(24)25(32-27)20-12-8-7-9-13-20/h6-8,11-15,21,23,27-29H,9-10,16-20,22H2,1-5H3,(H2,35,39)(H,36,40);6-8,11-15,21,23,27-29H,9-10,16-20,22H2,1-5H3,(H2,34,37)(H,35,38);7-15,19,21,23,27H,16-18H2,1-6H3,(H2,31,35)(H,33,36)/t2*27-,28+,29-;21-,23+,27?/m000/s1. The van der Waals surface area contributed by atoms with E-state index in [0.29, 0.717) is 106 Å². The van der Waals surface area contributed by atoms with E-state index < -0.39 is 71.5 Å². The van der Waals surface area contributed by atoms with Crippen LogP contribution in [0, 0.1) is 69.5 Å². The van der Waals surface area contributed by atoms with E-state index in [1.54, 1.807) is 30.1 Å². The van der Waals surface area contributed by atoms with Gasteiger partial charge in [0.05, 0.1) is 11.4 Å². The van der Waals surface area contributed by atoms with Crippen molar-refractivity contribution in [3.63, 3.8) is 0 Å². The van der Waals surface area contributed by atoms with E-state index in [-0.39, 0.29) is 75.2 Å². The number of primary amides is 3. The van der Waals surface area contributed by atoms with Crippen LogP contribution in [0.4, 0.5) is 5.69 Å². The molecule has 2 fully saturated rings. The number of aliphatic imine (C=N–C) groups is 1. The van der Waals surface area contributed by atoms with E-state index in [2.05, 4.69) is 78.3 Å². The number of amides is 9. The van der Waals surface area contributed by atoms with Crippen LogP contribution in [0.3, 0.4) is 0 Å². The van der Waals surface area contributed by atoms with E-state index in [1.165, 1.54) is 4.90 Å². The largest absolute Gasteiger partial charge is 0.457 e. The lowest BCUT2D eigenvalue weighted by molar-refractivity contribution is -0.139. The summed E-state index contributed by atoms with van der Waals surface area (Å²) in [6, 6.07) is 49.7. The van der Waals surface area contributed by atoms with E-state index >= 15 is 0 Å². The van der Waals surface area contributed by atoms with Crippen molar-refractivity contribution in [1.29, 1.82) is 0 Å². The topological polar surface area (TPSA) is 316 Å².